The van der Waals surface area contributed by atoms with Gasteiger partial charge < -0.3 is 15.8 Å². The van der Waals surface area contributed by atoms with Gasteiger partial charge in [-0.2, -0.15) is 0 Å². The Kier molecular flexibility index (Phi) is 4.24. The highest BCUT2D eigenvalue weighted by Crippen LogP contribution is 2.28. The van der Waals surface area contributed by atoms with Crippen LogP contribution in [0.25, 0.3) is 0 Å². The monoisotopic (exact) mass is 312 g/mol. The largest absolute Gasteiger partial charge is 0.398 e. The van der Waals surface area contributed by atoms with Crippen LogP contribution in [0.3, 0.4) is 0 Å². The molecule has 0 radical (unpaired) electrons. The highest BCUT2D eigenvalue weighted by Gasteiger charge is 2.22. The van der Waals surface area contributed by atoms with Crippen LogP contribution in [0.15, 0.2) is 16.6 Å². The molecule has 0 bridgehead atoms. The molecule has 3 N–H and O–H groups in total. The zero-order chi connectivity index (χ0) is 13.1. The minimum Gasteiger partial charge on any atom is -0.398 e. The average molecular weight is 313 g/mol. The Hall–Kier alpha value is -1.07. The lowest BCUT2D eigenvalue weighted by Gasteiger charge is -2.22. The number of carbonyl (C=O) groups is 1. The summed E-state index contributed by atoms with van der Waals surface area (Å²) in [6.07, 6.45) is 2.51. The normalized spacial score (nSPS) is 19.6. The summed E-state index contributed by atoms with van der Waals surface area (Å²) in [5.74, 6) is -0.0985. The minimum absolute atomic E-state index is 0.0985. The van der Waals surface area contributed by atoms with Crippen LogP contribution < -0.4 is 11.1 Å². The molecule has 1 saturated heterocycles. The van der Waals surface area contributed by atoms with Crippen LogP contribution in [0.1, 0.15) is 24.8 Å². The Labute approximate surface area is 115 Å². The molecule has 1 aliphatic heterocycles. The number of hydrogen-bond acceptors (Lipinski definition) is 3. The zero-order valence-electron chi connectivity index (χ0n) is 10.3. The van der Waals surface area contributed by atoms with Gasteiger partial charge in [-0.3, -0.25) is 4.79 Å². The summed E-state index contributed by atoms with van der Waals surface area (Å²) in [6, 6.07) is 3.66. The second kappa shape index (κ2) is 5.71. The van der Waals surface area contributed by atoms with Crippen LogP contribution in [0.4, 0.5) is 11.4 Å². The second-order valence-corrected chi connectivity index (χ2v) is 5.39. The Balaban J connectivity index is 2.08. The number of nitrogen functional groups attached to an aromatic ring is 1. The van der Waals surface area contributed by atoms with E-state index >= 15 is 0 Å². The van der Waals surface area contributed by atoms with Gasteiger partial charge in [-0.25, -0.2) is 0 Å². The number of carbonyl (C=O) groups excluding carboxylic acids is 1. The van der Waals surface area contributed by atoms with E-state index in [4.69, 9.17) is 10.5 Å². The molecular weight excluding hydrogens is 296 g/mol. The third-order valence-electron chi connectivity index (χ3n) is 3.09. The number of nitrogens with two attached hydrogens (primary N) is 1. The van der Waals surface area contributed by atoms with Crippen LogP contribution in [-0.2, 0) is 9.53 Å². The van der Waals surface area contributed by atoms with Gasteiger partial charge in [0.25, 0.3) is 5.91 Å². The van der Waals surface area contributed by atoms with Crippen LogP contribution >= 0.6 is 15.9 Å². The van der Waals surface area contributed by atoms with Gasteiger partial charge in [0.15, 0.2) is 0 Å². The summed E-state index contributed by atoms with van der Waals surface area (Å²) in [5, 5.41) is 2.86. The quantitative estimate of drug-likeness (QED) is 0.825. The predicted molar refractivity (Wildman–Crippen MR) is 75.5 cm³/mol. The summed E-state index contributed by atoms with van der Waals surface area (Å²) in [5.41, 5.74) is 8.18. The summed E-state index contributed by atoms with van der Waals surface area (Å²) in [7, 11) is 0. The van der Waals surface area contributed by atoms with Crippen molar-refractivity contribution in [3.05, 3.63) is 22.2 Å². The van der Waals surface area contributed by atoms with E-state index in [9.17, 15) is 4.79 Å². The van der Waals surface area contributed by atoms with Gasteiger partial charge in [0, 0.05) is 16.8 Å². The Morgan fingerprint density at radius 1 is 1.50 bits per heavy atom. The third-order valence-corrected chi connectivity index (χ3v) is 3.74. The summed E-state index contributed by atoms with van der Waals surface area (Å²) in [4.78, 5) is 12.0. The van der Waals surface area contributed by atoms with Crippen LogP contribution in [0, 0.1) is 6.92 Å². The van der Waals surface area contributed by atoms with Crippen molar-refractivity contribution in [3.63, 3.8) is 0 Å². The zero-order valence-corrected chi connectivity index (χ0v) is 11.9. The van der Waals surface area contributed by atoms with Crippen molar-refractivity contribution in [2.45, 2.75) is 32.3 Å². The fraction of sp³-hybridized carbons (Fsp3) is 0.462. The summed E-state index contributed by atoms with van der Waals surface area (Å²) < 4.78 is 6.28. The van der Waals surface area contributed by atoms with Crippen LogP contribution in [0.2, 0.25) is 0 Å². The lowest BCUT2D eigenvalue weighted by Crippen LogP contribution is -2.33. The number of rotatable bonds is 2. The minimum atomic E-state index is -0.340. The molecule has 0 aliphatic carbocycles. The Bertz CT molecular complexity index is 457. The molecule has 5 heteroatoms. The van der Waals surface area contributed by atoms with E-state index in [1.54, 1.807) is 6.07 Å². The molecule has 1 aromatic carbocycles. The molecule has 1 unspecified atom stereocenters. The number of hydrogen-bond donors (Lipinski definition) is 2. The molecule has 2 rings (SSSR count). The highest BCUT2D eigenvalue weighted by atomic mass is 79.9. The van der Waals surface area contributed by atoms with Gasteiger partial charge in [-0.05, 0) is 59.8 Å². The molecule has 1 fully saturated rings. The smallest absolute Gasteiger partial charge is 0.253 e. The summed E-state index contributed by atoms with van der Waals surface area (Å²) in [6.45, 7) is 2.59. The van der Waals surface area contributed by atoms with Crippen molar-refractivity contribution in [2.75, 3.05) is 17.7 Å². The summed E-state index contributed by atoms with van der Waals surface area (Å²) >= 11 is 3.42. The van der Waals surface area contributed by atoms with E-state index in [1.807, 2.05) is 13.0 Å². The fourth-order valence-electron chi connectivity index (χ4n) is 1.95. The van der Waals surface area contributed by atoms with Crippen molar-refractivity contribution in [1.29, 1.82) is 0 Å². The van der Waals surface area contributed by atoms with Crippen molar-refractivity contribution in [2.24, 2.45) is 0 Å². The second-order valence-electron chi connectivity index (χ2n) is 4.53. The van der Waals surface area contributed by atoms with Crippen LogP contribution in [-0.4, -0.2) is 18.6 Å². The molecule has 18 heavy (non-hydrogen) atoms. The van der Waals surface area contributed by atoms with Crippen molar-refractivity contribution < 1.29 is 9.53 Å². The van der Waals surface area contributed by atoms with Gasteiger partial charge in [-0.15, -0.1) is 0 Å². The van der Waals surface area contributed by atoms with Gasteiger partial charge in [-0.1, -0.05) is 0 Å². The maximum atomic E-state index is 12.0. The lowest BCUT2D eigenvalue weighted by atomic mass is 10.1. The number of amides is 1. The van der Waals surface area contributed by atoms with Crippen molar-refractivity contribution in [3.8, 4) is 0 Å². The van der Waals surface area contributed by atoms with E-state index in [0.29, 0.717) is 18.0 Å². The SMILES string of the molecule is Cc1cc(Br)c(NC(=O)C2CCCCO2)cc1N. The van der Waals surface area contributed by atoms with E-state index in [-0.39, 0.29) is 12.0 Å². The standard InChI is InChI=1S/C13H17BrN2O2/c1-8-6-9(14)11(7-10(8)15)16-13(17)12-4-2-3-5-18-12/h6-7,12H,2-5,15H2,1H3,(H,16,17). The lowest BCUT2D eigenvalue weighted by molar-refractivity contribution is -0.129. The van der Waals surface area contributed by atoms with E-state index in [1.165, 1.54) is 0 Å². The molecule has 0 spiro atoms. The van der Waals surface area contributed by atoms with Gasteiger partial charge in [0.1, 0.15) is 6.10 Å². The molecule has 1 atom stereocenters. The number of halogens is 1. The predicted octanol–water partition coefficient (Wildman–Crippen LogP) is 2.85. The van der Waals surface area contributed by atoms with Gasteiger partial charge in [0.05, 0.1) is 5.69 Å². The molecule has 1 aromatic rings. The number of aryl methyl sites for hydroxylation is 1. The highest BCUT2D eigenvalue weighted by molar-refractivity contribution is 9.10. The van der Waals surface area contributed by atoms with Crippen molar-refractivity contribution in [1.82, 2.24) is 0 Å². The van der Waals surface area contributed by atoms with Crippen molar-refractivity contribution >= 4 is 33.2 Å². The van der Waals surface area contributed by atoms with E-state index in [2.05, 4.69) is 21.2 Å². The third kappa shape index (κ3) is 3.03. The molecule has 0 aromatic heterocycles. The van der Waals surface area contributed by atoms with Gasteiger partial charge in [0.2, 0.25) is 0 Å². The molecule has 1 aliphatic rings. The number of nitrogens with one attached hydrogen (secondary N) is 1. The number of benzene rings is 1. The first-order chi connectivity index (χ1) is 8.58. The molecule has 1 amide bonds. The number of ether oxygens (including phenoxy) is 1. The topological polar surface area (TPSA) is 64.3 Å². The maximum Gasteiger partial charge on any atom is 0.253 e. The van der Waals surface area contributed by atoms with E-state index in [0.717, 1.165) is 29.3 Å². The molecule has 4 nitrogen and oxygen atoms in total. The molecule has 98 valence electrons. The Morgan fingerprint density at radius 2 is 2.28 bits per heavy atom. The first-order valence-electron chi connectivity index (χ1n) is 6.06. The Morgan fingerprint density at radius 3 is 2.94 bits per heavy atom. The first-order valence-corrected chi connectivity index (χ1v) is 6.85. The fourth-order valence-corrected chi connectivity index (χ4v) is 2.50. The maximum absolute atomic E-state index is 12.0. The average Bonchev–Trinajstić information content (AvgIpc) is 2.37. The van der Waals surface area contributed by atoms with E-state index < -0.39 is 0 Å². The van der Waals surface area contributed by atoms with Crippen LogP contribution in [0.5, 0.6) is 0 Å². The number of anilines is 2. The first kappa shape index (κ1) is 13.4. The molecule has 1 heterocycles. The molecular formula is C13H17BrN2O2. The van der Waals surface area contributed by atoms with Gasteiger partial charge >= 0.3 is 0 Å². The molecule has 0 saturated carbocycles.